The van der Waals surface area contributed by atoms with Crippen molar-refractivity contribution in [1.82, 2.24) is 0 Å². The zero-order valence-electron chi connectivity index (χ0n) is 16.3. The van der Waals surface area contributed by atoms with Crippen LogP contribution in [0, 0.1) is 0 Å². The molecule has 0 N–H and O–H groups in total. The molecule has 2 aliphatic heterocycles. The van der Waals surface area contributed by atoms with Crippen LogP contribution in [0.5, 0.6) is 0 Å². The van der Waals surface area contributed by atoms with E-state index < -0.39 is 0 Å². The highest BCUT2D eigenvalue weighted by molar-refractivity contribution is 8.07. The predicted molar refractivity (Wildman–Crippen MR) is 122 cm³/mol. The first kappa shape index (κ1) is 19.2. The summed E-state index contributed by atoms with van der Waals surface area (Å²) in [5.41, 5.74) is 4.75. The molecule has 2 atom stereocenters. The zero-order valence-corrected chi connectivity index (χ0v) is 18.0. The molecule has 0 aromatic heterocycles. The summed E-state index contributed by atoms with van der Waals surface area (Å²) in [7, 11) is 0. The standard InChI is InChI=1S/C25H30S2/c1-2-3-4-5-6-7-8-9-10-13-19-16-17-21-23(18-19)27-24-20-14-11-12-15-22(20)26-25(21)24/h8-15,18,24-25H,2-7,16-17H2,1H3/b9-8+,13-10+. The molecule has 0 saturated heterocycles. The van der Waals surface area contributed by atoms with E-state index >= 15 is 0 Å². The SMILES string of the molecule is CCCCCCC/C=C/C=C/C1=CC2=C(CC1)C1Sc3ccccc3C1S2. The smallest absolute Gasteiger partial charge is 0.0515 e. The van der Waals surface area contributed by atoms with Crippen LogP contribution in [0.15, 0.2) is 75.6 Å². The van der Waals surface area contributed by atoms with Crippen molar-refractivity contribution in [3.05, 3.63) is 76.3 Å². The molecule has 1 aromatic rings. The lowest BCUT2D eigenvalue weighted by atomic mass is 9.93. The summed E-state index contributed by atoms with van der Waals surface area (Å²) in [4.78, 5) is 3.05. The Labute approximate surface area is 173 Å². The molecule has 2 heteroatoms. The first-order valence-corrected chi connectivity index (χ1v) is 12.3. The molecule has 0 saturated carbocycles. The highest BCUT2D eigenvalue weighted by Gasteiger charge is 2.42. The number of hydrogen-bond donors (Lipinski definition) is 0. The first-order valence-electron chi connectivity index (χ1n) is 10.6. The Morgan fingerprint density at radius 1 is 0.963 bits per heavy atom. The molecule has 0 amide bonds. The van der Waals surface area contributed by atoms with E-state index in [1.165, 1.54) is 61.8 Å². The second-order valence-electron chi connectivity index (χ2n) is 7.71. The lowest BCUT2D eigenvalue weighted by Crippen LogP contribution is -2.06. The number of hydrogen-bond acceptors (Lipinski definition) is 2. The highest BCUT2D eigenvalue weighted by Crippen LogP contribution is 2.62. The normalized spacial score (nSPS) is 23.8. The van der Waals surface area contributed by atoms with Crippen LogP contribution in [0.4, 0.5) is 0 Å². The number of rotatable bonds is 8. The van der Waals surface area contributed by atoms with Gasteiger partial charge in [-0.05, 0) is 54.5 Å². The van der Waals surface area contributed by atoms with Crippen molar-refractivity contribution in [2.75, 3.05) is 0 Å². The van der Waals surface area contributed by atoms with Gasteiger partial charge in [-0.1, -0.05) is 75.1 Å². The molecule has 27 heavy (non-hydrogen) atoms. The molecular weight excluding hydrogens is 364 g/mol. The summed E-state index contributed by atoms with van der Waals surface area (Å²) in [5, 5.41) is 1.32. The second kappa shape index (κ2) is 9.39. The van der Waals surface area contributed by atoms with Crippen molar-refractivity contribution in [2.24, 2.45) is 0 Å². The molecule has 0 spiro atoms. The Bertz CT molecular complexity index is 781. The summed E-state index contributed by atoms with van der Waals surface area (Å²) in [5.74, 6) is 0. The van der Waals surface area contributed by atoms with Gasteiger partial charge in [-0.15, -0.1) is 23.5 Å². The number of benzene rings is 1. The Morgan fingerprint density at radius 2 is 1.85 bits per heavy atom. The van der Waals surface area contributed by atoms with E-state index in [0.29, 0.717) is 10.5 Å². The Kier molecular flexibility index (Phi) is 6.68. The average Bonchev–Trinajstić information content (AvgIpc) is 3.22. The average molecular weight is 395 g/mol. The van der Waals surface area contributed by atoms with Crippen LogP contribution < -0.4 is 0 Å². The van der Waals surface area contributed by atoms with Crippen LogP contribution in [-0.4, -0.2) is 5.25 Å². The number of unbranched alkanes of at least 4 members (excludes halogenated alkanes) is 5. The minimum Gasteiger partial charge on any atom is -0.116 e. The maximum atomic E-state index is 2.46. The number of fused-ring (bicyclic) bond motifs is 4. The first-order chi connectivity index (χ1) is 13.4. The van der Waals surface area contributed by atoms with Gasteiger partial charge in [-0.2, -0.15) is 0 Å². The maximum absolute atomic E-state index is 2.46. The quantitative estimate of drug-likeness (QED) is 0.321. The Hall–Kier alpha value is -1.12. The third kappa shape index (κ3) is 4.49. The maximum Gasteiger partial charge on any atom is 0.0515 e. The molecule has 1 aliphatic carbocycles. The fraction of sp³-hybridized carbons (Fsp3) is 0.440. The highest BCUT2D eigenvalue weighted by atomic mass is 32.2. The molecule has 142 valence electrons. The van der Waals surface area contributed by atoms with Crippen LogP contribution in [0.25, 0.3) is 0 Å². The van der Waals surface area contributed by atoms with E-state index in [4.69, 9.17) is 0 Å². The second-order valence-corrected chi connectivity index (χ2v) is 10.1. The van der Waals surface area contributed by atoms with E-state index in [2.05, 4.69) is 85.1 Å². The topological polar surface area (TPSA) is 0 Å². The van der Waals surface area contributed by atoms with Gasteiger partial charge in [0.1, 0.15) is 0 Å². The third-order valence-corrected chi connectivity index (χ3v) is 8.72. The summed E-state index contributed by atoms with van der Waals surface area (Å²) < 4.78 is 0. The number of thioether (sulfide) groups is 2. The van der Waals surface area contributed by atoms with E-state index in [0.717, 1.165) is 0 Å². The van der Waals surface area contributed by atoms with Gasteiger partial charge in [0.25, 0.3) is 0 Å². The molecule has 2 unspecified atom stereocenters. The van der Waals surface area contributed by atoms with Gasteiger partial charge in [-0.3, -0.25) is 0 Å². The van der Waals surface area contributed by atoms with Crippen LogP contribution in [0.3, 0.4) is 0 Å². The van der Waals surface area contributed by atoms with Crippen molar-refractivity contribution in [1.29, 1.82) is 0 Å². The molecule has 2 heterocycles. The summed E-state index contributed by atoms with van der Waals surface area (Å²) >= 11 is 4.19. The third-order valence-electron chi connectivity index (χ3n) is 5.70. The van der Waals surface area contributed by atoms with E-state index in [9.17, 15) is 0 Å². The summed E-state index contributed by atoms with van der Waals surface area (Å²) in [6.45, 7) is 2.28. The van der Waals surface area contributed by atoms with Gasteiger partial charge in [0.15, 0.2) is 0 Å². The molecular formula is C25H30S2. The van der Waals surface area contributed by atoms with E-state index in [1.54, 1.807) is 16.0 Å². The summed E-state index contributed by atoms with van der Waals surface area (Å²) in [6.07, 6.45) is 22.1. The minimum absolute atomic E-state index is 0.642. The van der Waals surface area contributed by atoms with Gasteiger partial charge >= 0.3 is 0 Å². The van der Waals surface area contributed by atoms with Crippen LogP contribution in [0.2, 0.25) is 0 Å². The molecule has 0 bridgehead atoms. The predicted octanol–water partition coefficient (Wildman–Crippen LogP) is 8.40. The van der Waals surface area contributed by atoms with Gasteiger partial charge in [0.05, 0.1) is 5.25 Å². The zero-order chi connectivity index (χ0) is 18.5. The fourth-order valence-corrected chi connectivity index (χ4v) is 7.57. The minimum atomic E-state index is 0.642. The molecule has 0 nitrogen and oxygen atoms in total. The van der Waals surface area contributed by atoms with Gasteiger partial charge in [0.2, 0.25) is 0 Å². The number of allylic oxidation sites excluding steroid dienone is 6. The molecule has 3 aliphatic rings. The molecule has 4 rings (SSSR count). The van der Waals surface area contributed by atoms with E-state index in [-0.39, 0.29) is 0 Å². The Balaban J connectivity index is 1.30. The Morgan fingerprint density at radius 3 is 2.78 bits per heavy atom. The lowest BCUT2D eigenvalue weighted by Gasteiger charge is -2.16. The van der Waals surface area contributed by atoms with Crippen LogP contribution in [0.1, 0.15) is 69.1 Å². The van der Waals surface area contributed by atoms with Crippen LogP contribution >= 0.6 is 23.5 Å². The molecule has 1 aromatic carbocycles. The van der Waals surface area contributed by atoms with Crippen molar-refractivity contribution in [2.45, 2.75) is 73.7 Å². The van der Waals surface area contributed by atoms with Crippen molar-refractivity contribution in [3.63, 3.8) is 0 Å². The largest absolute Gasteiger partial charge is 0.116 e. The lowest BCUT2D eigenvalue weighted by molar-refractivity contribution is 0.637. The van der Waals surface area contributed by atoms with Gasteiger partial charge < -0.3 is 0 Å². The monoisotopic (exact) mass is 394 g/mol. The van der Waals surface area contributed by atoms with Crippen molar-refractivity contribution in [3.8, 4) is 0 Å². The van der Waals surface area contributed by atoms with E-state index in [1.807, 2.05) is 0 Å². The molecule has 0 fully saturated rings. The van der Waals surface area contributed by atoms with Crippen molar-refractivity contribution < 1.29 is 0 Å². The van der Waals surface area contributed by atoms with Crippen LogP contribution in [-0.2, 0) is 0 Å². The summed E-state index contributed by atoms with van der Waals surface area (Å²) in [6, 6.07) is 8.99. The van der Waals surface area contributed by atoms with Crippen molar-refractivity contribution >= 4 is 23.5 Å². The van der Waals surface area contributed by atoms with Gasteiger partial charge in [0, 0.05) is 15.1 Å². The fourth-order valence-electron chi connectivity index (χ4n) is 4.18. The molecule has 0 radical (unpaired) electrons. The van der Waals surface area contributed by atoms with Gasteiger partial charge in [-0.25, -0.2) is 0 Å².